The number of fused-ring (bicyclic) bond motifs is 2. The molecule has 2 aromatic carbocycles. The molecule has 0 N–H and O–H groups in total. The van der Waals surface area contributed by atoms with Crippen molar-refractivity contribution < 1.29 is 14.2 Å². The molecule has 0 aliphatic carbocycles. The highest BCUT2D eigenvalue weighted by Crippen LogP contribution is 2.38. The van der Waals surface area contributed by atoms with Gasteiger partial charge in [0.05, 0.1) is 63.1 Å². The lowest BCUT2D eigenvalue weighted by molar-refractivity contribution is 0.0232. The summed E-state index contributed by atoms with van der Waals surface area (Å²) in [6.45, 7) is 20.7. The summed E-state index contributed by atoms with van der Waals surface area (Å²) in [5.41, 5.74) is 14.7. The van der Waals surface area contributed by atoms with Crippen LogP contribution in [0.4, 0.5) is 0 Å². The fourth-order valence-electron chi connectivity index (χ4n) is 8.07. The number of benzene rings is 2. The van der Waals surface area contributed by atoms with Gasteiger partial charge in [-0.1, -0.05) is 88.4 Å². The molecule has 0 bridgehead atoms. The highest BCUT2D eigenvalue weighted by atomic mass is 16.5. The first kappa shape index (κ1) is 35.4. The SMILES string of the molecule is CCN(CC)C(COCC(c1c(C)nc(Cc2ccccc2)c2c1COC2)N(CC)CC)c1c(C)nc(Cc2ccccc2)c2c1COC2. The van der Waals surface area contributed by atoms with Crippen LogP contribution in [0.5, 0.6) is 0 Å². The van der Waals surface area contributed by atoms with E-state index in [2.05, 4.69) is 112 Å². The van der Waals surface area contributed by atoms with E-state index in [0.717, 1.165) is 61.8 Å². The Morgan fingerprint density at radius 2 is 0.939 bits per heavy atom. The maximum absolute atomic E-state index is 6.90. The van der Waals surface area contributed by atoms with Crippen LogP contribution in [0.1, 0.15) is 107 Å². The molecule has 7 nitrogen and oxygen atoms in total. The van der Waals surface area contributed by atoms with Gasteiger partial charge < -0.3 is 14.2 Å². The van der Waals surface area contributed by atoms with Crippen molar-refractivity contribution in [1.82, 2.24) is 19.8 Å². The Morgan fingerprint density at radius 1 is 0.571 bits per heavy atom. The quantitative estimate of drug-likeness (QED) is 0.121. The van der Waals surface area contributed by atoms with Gasteiger partial charge in [-0.05, 0) is 73.4 Å². The summed E-state index contributed by atoms with van der Waals surface area (Å²) in [5.74, 6) is 0. The van der Waals surface area contributed by atoms with Crippen LogP contribution in [0.15, 0.2) is 60.7 Å². The molecule has 4 heterocycles. The number of ether oxygens (including phenoxy) is 3. The predicted octanol–water partition coefficient (Wildman–Crippen LogP) is 7.82. The first-order valence-electron chi connectivity index (χ1n) is 18.3. The molecular formula is C42H54N4O3. The van der Waals surface area contributed by atoms with E-state index in [0.29, 0.717) is 39.6 Å². The van der Waals surface area contributed by atoms with Crippen LogP contribution < -0.4 is 0 Å². The Morgan fingerprint density at radius 3 is 1.31 bits per heavy atom. The van der Waals surface area contributed by atoms with Gasteiger partial charge in [0, 0.05) is 35.4 Å². The lowest BCUT2D eigenvalue weighted by atomic mass is 9.92. The highest BCUT2D eigenvalue weighted by Gasteiger charge is 2.33. The summed E-state index contributed by atoms with van der Waals surface area (Å²) in [4.78, 5) is 15.5. The summed E-state index contributed by atoms with van der Waals surface area (Å²) < 4.78 is 19.1. The van der Waals surface area contributed by atoms with E-state index in [1.54, 1.807) is 0 Å². The molecule has 260 valence electrons. The summed E-state index contributed by atoms with van der Waals surface area (Å²) in [7, 11) is 0. The third kappa shape index (κ3) is 7.67. The van der Waals surface area contributed by atoms with Gasteiger partial charge in [-0.2, -0.15) is 0 Å². The van der Waals surface area contributed by atoms with Crippen molar-refractivity contribution in [2.75, 3.05) is 39.4 Å². The summed E-state index contributed by atoms with van der Waals surface area (Å²) in [6, 6.07) is 21.4. The first-order valence-corrected chi connectivity index (χ1v) is 18.3. The van der Waals surface area contributed by atoms with Crippen molar-refractivity contribution >= 4 is 0 Å². The zero-order valence-corrected chi connectivity index (χ0v) is 30.4. The third-order valence-corrected chi connectivity index (χ3v) is 10.6. The largest absolute Gasteiger partial charge is 0.377 e. The molecule has 2 unspecified atom stereocenters. The minimum atomic E-state index is 0.0857. The Balaban J connectivity index is 1.30. The number of hydrogen-bond acceptors (Lipinski definition) is 7. The van der Waals surface area contributed by atoms with Crippen LogP contribution in [0.3, 0.4) is 0 Å². The fourth-order valence-corrected chi connectivity index (χ4v) is 8.07. The molecule has 49 heavy (non-hydrogen) atoms. The molecule has 0 fully saturated rings. The third-order valence-electron chi connectivity index (χ3n) is 10.6. The van der Waals surface area contributed by atoms with Crippen molar-refractivity contribution in [2.45, 2.75) is 92.9 Å². The second-order valence-electron chi connectivity index (χ2n) is 13.4. The van der Waals surface area contributed by atoms with Crippen LogP contribution in [0.2, 0.25) is 0 Å². The number of aromatic nitrogens is 2. The normalized spacial score (nSPS) is 15.2. The highest BCUT2D eigenvalue weighted by molar-refractivity contribution is 5.46. The summed E-state index contributed by atoms with van der Waals surface area (Å²) in [6.07, 6.45) is 1.63. The second-order valence-corrected chi connectivity index (χ2v) is 13.4. The second kappa shape index (κ2) is 16.5. The van der Waals surface area contributed by atoms with E-state index < -0.39 is 0 Å². The van der Waals surface area contributed by atoms with Crippen molar-refractivity contribution in [2.24, 2.45) is 0 Å². The number of pyridine rings is 2. The topological polar surface area (TPSA) is 60.0 Å². The molecule has 2 atom stereocenters. The Kier molecular flexibility index (Phi) is 11.9. The Hall–Kier alpha value is -3.46. The Bertz CT molecular complexity index is 1560. The van der Waals surface area contributed by atoms with Gasteiger partial charge in [0.2, 0.25) is 0 Å². The van der Waals surface area contributed by atoms with Crippen LogP contribution in [-0.4, -0.2) is 59.2 Å². The molecule has 4 aromatic rings. The van der Waals surface area contributed by atoms with Gasteiger partial charge in [0.15, 0.2) is 0 Å². The van der Waals surface area contributed by atoms with Crippen molar-refractivity contribution in [1.29, 1.82) is 0 Å². The number of rotatable bonds is 16. The number of nitrogens with zero attached hydrogens (tertiary/aromatic N) is 4. The molecule has 2 aromatic heterocycles. The van der Waals surface area contributed by atoms with Gasteiger partial charge in [-0.15, -0.1) is 0 Å². The smallest absolute Gasteiger partial charge is 0.0743 e. The van der Waals surface area contributed by atoms with Gasteiger partial charge in [0.1, 0.15) is 0 Å². The van der Waals surface area contributed by atoms with E-state index in [1.165, 1.54) is 44.5 Å². The van der Waals surface area contributed by atoms with E-state index in [4.69, 9.17) is 24.2 Å². The van der Waals surface area contributed by atoms with Gasteiger partial charge in [-0.3, -0.25) is 19.8 Å². The molecule has 7 heteroatoms. The Labute approximate surface area is 293 Å². The lowest BCUT2D eigenvalue weighted by Gasteiger charge is -2.35. The molecule has 0 amide bonds. The van der Waals surface area contributed by atoms with E-state index >= 15 is 0 Å². The minimum Gasteiger partial charge on any atom is -0.377 e. The standard InChI is InChI=1S/C42H54N4O3/c1-7-45(8-2)39(41-29(5)43-37(33-23-47-25-35(33)41)21-31-17-13-11-14-18-31)27-49-28-40(46(9-3)10-4)42-30(6)44-38(34-24-48-26-36(34)42)22-32-19-15-12-16-20-32/h11-20,39-40H,7-10,21-28H2,1-6H3. The zero-order chi connectivity index (χ0) is 34.3. The first-order chi connectivity index (χ1) is 24.0. The molecule has 0 saturated carbocycles. The van der Waals surface area contributed by atoms with Gasteiger partial charge >= 0.3 is 0 Å². The summed E-state index contributed by atoms with van der Waals surface area (Å²) >= 11 is 0. The maximum Gasteiger partial charge on any atom is 0.0743 e. The molecule has 0 spiro atoms. The molecule has 2 aliphatic rings. The van der Waals surface area contributed by atoms with Crippen LogP contribution in [-0.2, 0) is 53.5 Å². The predicted molar refractivity (Wildman–Crippen MR) is 196 cm³/mol. The van der Waals surface area contributed by atoms with Crippen molar-refractivity contribution in [3.05, 3.63) is 128 Å². The maximum atomic E-state index is 6.90. The molecular weight excluding hydrogens is 608 g/mol. The van der Waals surface area contributed by atoms with Crippen LogP contribution in [0, 0.1) is 13.8 Å². The van der Waals surface area contributed by atoms with Crippen LogP contribution in [0.25, 0.3) is 0 Å². The number of likely N-dealkylation sites (N-methyl/N-ethyl adjacent to an activating group) is 2. The zero-order valence-electron chi connectivity index (χ0n) is 30.4. The van der Waals surface area contributed by atoms with Crippen molar-refractivity contribution in [3.8, 4) is 0 Å². The average Bonchev–Trinajstić information content (AvgIpc) is 3.81. The van der Waals surface area contributed by atoms with Crippen molar-refractivity contribution in [3.63, 3.8) is 0 Å². The van der Waals surface area contributed by atoms with Gasteiger partial charge in [0.25, 0.3) is 0 Å². The molecule has 0 radical (unpaired) electrons. The monoisotopic (exact) mass is 662 g/mol. The molecule has 0 saturated heterocycles. The number of hydrogen-bond donors (Lipinski definition) is 0. The summed E-state index contributed by atoms with van der Waals surface area (Å²) in [5, 5.41) is 0. The molecule has 6 rings (SSSR count). The van der Waals surface area contributed by atoms with Gasteiger partial charge in [-0.25, -0.2) is 0 Å². The number of aryl methyl sites for hydroxylation is 2. The van der Waals surface area contributed by atoms with Crippen LogP contribution >= 0.6 is 0 Å². The minimum absolute atomic E-state index is 0.0857. The molecule has 2 aliphatic heterocycles. The average molecular weight is 663 g/mol. The fraction of sp³-hybridized carbons (Fsp3) is 0.476. The van der Waals surface area contributed by atoms with E-state index in [-0.39, 0.29) is 12.1 Å². The lowest BCUT2D eigenvalue weighted by Crippen LogP contribution is -2.36. The van der Waals surface area contributed by atoms with E-state index in [1.807, 2.05) is 0 Å². The van der Waals surface area contributed by atoms with E-state index in [9.17, 15) is 0 Å².